The molecule has 0 saturated carbocycles. The van der Waals surface area contributed by atoms with E-state index >= 15 is 0 Å². The Morgan fingerprint density at radius 3 is 2.56 bits per heavy atom. The van der Waals surface area contributed by atoms with Gasteiger partial charge in [-0.2, -0.15) is 0 Å². The van der Waals surface area contributed by atoms with E-state index in [2.05, 4.69) is 6.58 Å². The van der Waals surface area contributed by atoms with Crippen LogP contribution >= 0.6 is 11.6 Å². The Balaban J connectivity index is 3.21. The normalized spacial score (nSPS) is 13.2. The first-order valence-electron chi connectivity index (χ1n) is 5.44. The third-order valence-corrected chi connectivity index (χ3v) is 2.57. The van der Waals surface area contributed by atoms with Gasteiger partial charge in [0.15, 0.2) is 0 Å². The number of hydrogen-bond donors (Lipinski definition) is 2. The highest BCUT2D eigenvalue weighted by atomic mass is 35.5. The van der Waals surface area contributed by atoms with Gasteiger partial charge in [-0.05, 0) is 24.6 Å². The standard InChI is InChI=1S/C14H16ClFN2/c1-9(15)7-11(8-17)14(18)10(2)12-5-3-4-6-13(12)16/h3-7H,2,8,17-18H2,1H3/b9-7+,14-11-. The number of rotatable bonds is 4. The Morgan fingerprint density at radius 1 is 1.44 bits per heavy atom. The highest BCUT2D eigenvalue weighted by Crippen LogP contribution is 2.23. The molecule has 0 aromatic heterocycles. The maximum Gasteiger partial charge on any atom is 0.131 e. The van der Waals surface area contributed by atoms with Gasteiger partial charge in [0.2, 0.25) is 0 Å². The van der Waals surface area contributed by atoms with Crippen molar-refractivity contribution in [2.24, 2.45) is 11.5 Å². The molecule has 1 rings (SSSR count). The van der Waals surface area contributed by atoms with Crippen molar-refractivity contribution in [2.45, 2.75) is 6.92 Å². The number of halogens is 2. The molecule has 0 aliphatic carbocycles. The van der Waals surface area contributed by atoms with Crippen LogP contribution in [0.1, 0.15) is 12.5 Å². The summed E-state index contributed by atoms with van der Waals surface area (Å²) in [5, 5.41) is 0.555. The van der Waals surface area contributed by atoms with Crippen molar-refractivity contribution in [3.63, 3.8) is 0 Å². The molecule has 0 spiro atoms. The van der Waals surface area contributed by atoms with E-state index in [1.807, 2.05) is 0 Å². The SMILES string of the molecule is C=C(/C(N)=C(\C=C(/C)Cl)CN)c1ccccc1F. The summed E-state index contributed by atoms with van der Waals surface area (Å²) in [7, 11) is 0. The van der Waals surface area contributed by atoms with E-state index in [1.54, 1.807) is 31.2 Å². The van der Waals surface area contributed by atoms with Crippen molar-refractivity contribution >= 4 is 17.2 Å². The number of allylic oxidation sites excluding steroid dienone is 2. The van der Waals surface area contributed by atoms with Crippen LogP contribution in [0.15, 0.2) is 53.2 Å². The molecule has 0 aliphatic heterocycles. The molecule has 0 radical (unpaired) electrons. The minimum absolute atomic E-state index is 0.212. The average Bonchev–Trinajstić information content (AvgIpc) is 2.34. The lowest BCUT2D eigenvalue weighted by molar-refractivity contribution is 0.624. The monoisotopic (exact) mass is 266 g/mol. The van der Waals surface area contributed by atoms with Crippen LogP contribution in [0.5, 0.6) is 0 Å². The molecule has 0 fully saturated rings. The second-order valence-electron chi connectivity index (χ2n) is 3.83. The van der Waals surface area contributed by atoms with Gasteiger partial charge in [0.05, 0.1) is 0 Å². The van der Waals surface area contributed by atoms with E-state index in [9.17, 15) is 4.39 Å². The van der Waals surface area contributed by atoms with Crippen molar-refractivity contribution in [1.29, 1.82) is 0 Å². The third kappa shape index (κ3) is 3.45. The topological polar surface area (TPSA) is 52.0 Å². The van der Waals surface area contributed by atoms with Crippen molar-refractivity contribution in [1.82, 2.24) is 0 Å². The van der Waals surface area contributed by atoms with Crippen LogP contribution in [-0.2, 0) is 0 Å². The van der Waals surface area contributed by atoms with Gasteiger partial charge in [0.25, 0.3) is 0 Å². The molecule has 4 heteroatoms. The number of hydrogen-bond acceptors (Lipinski definition) is 2. The summed E-state index contributed by atoms with van der Waals surface area (Å²) in [5.41, 5.74) is 13.3. The van der Waals surface area contributed by atoms with Gasteiger partial charge in [0, 0.05) is 28.4 Å². The number of benzene rings is 1. The Hall–Kier alpha value is -1.58. The maximum atomic E-state index is 13.6. The van der Waals surface area contributed by atoms with Gasteiger partial charge < -0.3 is 11.5 Å². The Morgan fingerprint density at radius 2 is 2.06 bits per heavy atom. The zero-order valence-corrected chi connectivity index (χ0v) is 11.0. The van der Waals surface area contributed by atoms with Crippen LogP contribution in [0.3, 0.4) is 0 Å². The molecule has 0 saturated heterocycles. The summed E-state index contributed by atoms with van der Waals surface area (Å²) in [5.74, 6) is -0.367. The van der Waals surface area contributed by atoms with Gasteiger partial charge >= 0.3 is 0 Å². The van der Waals surface area contributed by atoms with E-state index in [-0.39, 0.29) is 12.4 Å². The largest absolute Gasteiger partial charge is 0.398 e. The lowest BCUT2D eigenvalue weighted by Crippen LogP contribution is -2.11. The van der Waals surface area contributed by atoms with Gasteiger partial charge in [-0.15, -0.1) is 0 Å². The van der Waals surface area contributed by atoms with Crippen LogP contribution in [0.25, 0.3) is 5.57 Å². The molecule has 96 valence electrons. The fourth-order valence-electron chi connectivity index (χ4n) is 1.53. The zero-order chi connectivity index (χ0) is 13.7. The lowest BCUT2D eigenvalue weighted by Gasteiger charge is -2.11. The second-order valence-corrected chi connectivity index (χ2v) is 4.43. The molecule has 18 heavy (non-hydrogen) atoms. The molecule has 1 aromatic carbocycles. The fourth-order valence-corrected chi connectivity index (χ4v) is 1.66. The van der Waals surface area contributed by atoms with Crippen LogP contribution in [-0.4, -0.2) is 6.54 Å². The molecule has 2 nitrogen and oxygen atoms in total. The van der Waals surface area contributed by atoms with Crippen molar-refractivity contribution in [2.75, 3.05) is 6.54 Å². The van der Waals surface area contributed by atoms with Crippen molar-refractivity contribution < 1.29 is 4.39 Å². The van der Waals surface area contributed by atoms with E-state index in [0.717, 1.165) is 0 Å². The first-order valence-corrected chi connectivity index (χ1v) is 5.81. The molecule has 4 N–H and O–H groups in total. The van der Waals surface area contributed by atoms with E-state index in [1.165, 1.54) is 6.07 Å². The average molecular weight is 267 g/mol. The smallest absolute Gasteiger partial charge is 0.131 e. The van der Waals surface area contributed by atoms with E-state index in [4.69, 9.17) is 23.1 Å². The van der Waals surface area contributed by atoms with Crippen molar-refractivity contribution in [3.05, 3.63) is 64.6 Å². The van der Waals surface area contributed by atoms with Gasteiger partial charge in [-0.25, -0.2) is 4.39 Å². The minimum Gasteiger partial charge on any atom is -0.398 e. The maximum absolute atomic E-state index is 13.6. The van der Waals surface area contributed by atoms with E-state index in [0.29, 0.717) is 27.4 Å². The molecule has 0 unspecified atom stereocenters. The zero-order valence-electron chi connectivity index (χ0n) is 10.2. The van der Waals surface area contributed by atoms with Crippen molar-refractivity contribution in [3.8, 4) is 0 Å². The summed E-state index contributed by atoms with van der Waals surface area (Å²) in [6.45, 7) is 5.74. The highest BCUT2D eigenvalue weighted by molar-refractivity contribution is 6.29. The Labute approximate surface area is 111 Å². The summed E-state index contributed by atoms with van der Waals surface area (Å²) in [4.78, 5) is 0. The lowest BCUT2D eigenvalue weighted by atomic mass is 10.0. The van der Waals surface area contributed by atoms with Gasteiger partial charge in [-0.1, -0.05) is 36.4 Å². The predicted molar refractivity (Wildman–Crippen MR) is 75.3 cm³/mol. The fraction of sp³-hybridized carbons (Fsp3) is 0.143. The van der Waals surface area contributed by atoms with Crippen LogP contribution in [0.2, 0.25) is 0 Å². The predicted octanol–water partition coefficient (Wildman–Crippen LogP) is 3.15. The van der Waals surface area contributed by atoms with E-state index < -0.39 is 0 Å². The molecule has 0 bridgehead atoms. The molecule has 0 heterocycles. The summed E-state index contributed by atoms with van der Waals surface area (Å²) < 4.78 is 13.6. The first-order chi connectivity index (χ1) is 8.47. The van der Waals surface area contributed by atoms with Crippen LogP contribution < -0.4 is 11.5 Å². The summed E-state index contributed by atoms with van der Waals surface area (Å²) in [6.07, 6.45) is 1.66. The Bertz CT molecular complexity index is 514. The molecule has 0 atom stereocenters. The minimum atomic E-state index is -0.367. The highest BCUT2D eigenvalue weighted by Gasteiger charge is 2.10. The summed E-state index contributed by atoms with van der Waals surface area (Å²) in [6, 6.07) is 6.31. The second kappa shape index (κ2) is 6.38. The summed E-state index contributed by atoms with van der Waals surface area (Å²) >= 11 is 5.79. The molecule has 0 amide bonds. The van der Waals surface area contributed by atoms with Crippen LogP contribution in [0, 0.1) is 5.82 Å². The molecular formula is C14H16ClFN2. The van der Waals surface area contributed by atoms with Crippen LogP contribution in [0.4, 0.5) is 4.39 Å². The molecular weight excluding hydrogens is 251 g/mol. The van der Waals surface area contributed by atoms with Gasteiger partial charge in [-0.3, -0.25) is 0 Å². The Kier molecular flexibility index (Phi) is 5.13. The molecule has 0 aliphatic rings. The number of nitrogens with two attached hydrogens (primary N) is 2. The quantitative estimate of drug-likeness (QED) is 0.823. The molecule has 1 aromatic rings. The first kappa shape index (κ1) is 14.5. The van der Waals surface area contributed by atoms with Gasteiger partial charge in [0.1, 0.15) is 5.82 Å². The third-order valence-electron chi connectivity index (χ3n) is 2.46.